The van der Waals surface area contributed by atoms with Gasteiger partial charge in [0.1, 0.15) is 0 Å². The van der Waals surface area contributed by atoms with Crippen LogP contribution in [0.2, 0.25) is 0 Å². The molecule has 0 atom stereocenters. The van der Waals surface area contributed by atoms with Crippen molar-refractivity contribution in [3.05, 3.63) is 28.4 Å². The summed E-state index contributed by atoms with van der Waals surface area (Å²) in [5, 5.41) is 4.99. The van der Waals surface area contributed by atoms with Crippen molar-refractivity contribution in [1.82, 2.24) is 15.3 Å². The SMILES string of the molecule is Cc1nc(C)c(C(=O)NCc2csc(N)n2)o1. The van der Waals surface area contributed by atoms with Crippen LogP contribution < -0.4 is 11.1 Å². The van der Waals surface area contributed by atoms with Gasteiger partial charge in [-0.3, -0.25) is 4.79 Å². The molecule has 90 valence electrons. The number of nitrogens with one attached hydrogen (secondary N) is 1. The minimum absolute atomic E-state index is 0.241. The van der Waals surface area contributed by atoms with Crippen molar-refractivity contribution in [2.45, 2.75) is 20.4 Å². The van der Waals surface area contributed by atoms with Gasteiger partial charge in [-0.25, -0.2) is 9.97 Å². The number of carbonyl (C=O) groups excluding carboxylic acids is 1. The summed E-state index contributed by atoms with van der Waals surface area (Å²) < 4.78 is 5.20. The van der Waals surface area contributed by atoms with Crippen molar-refractivity contribution < 1.29 is 9.21 Å². The first-order chi connectivity index (χ1) is 8.06. The summed E-state index contributed by atoms with van der Waals surface area (Å²) in [4.78, 5) is 19.8. The lowest BCUT2D eigenvalue weighted by molar-refractivity contribution is 0.0920. The Morgan fingerprint density at radius 2 is 2.29 bits per heavy atom. The van der Waals surface area contributed by atoms with Gasteiger partial charge < -0.3 is 15.5 Å². The molecule has 0 aliphatic rings. The maximum Gasteiger partial charge on any atom is 0.289 e. The van der Waals surface area contributed by atoms with Gasteiger partial charge in [-0.15, -0.1) is 11.3 Å². The average molecular weight is 252 g/mol. The number of nitrogen functional groups attached to an aromatic ring is 1. The van der Waals surface area contributed by atoms with E-state index in [0.717, 1.165) is 5.69 Å². The largest absolute Gasteiger partial charge is 0.436 e. The van der Waals surface area contributed by atoms with Gasteiger partial charge in [0.15, 0.2) is 11.0 Å². The van der Waals surface area contributed by atoms with Crippen molar-refractivity contribution in [3.8, 4) is 0 Å². The van der Waals surface area contributed by atoms with Gasteiger partial charge in [-0.2, -0.15) is 0 Å². The second-order valence-electron chi connectivity index (χ2n) is 3.51. The zero-order chi connectivity index (χ0) is 12.4. The number of rotatable bonds is 3. The maximum atomic E-state index is 11.8. The minimum Gasteiger partial charge on any atom is -0.436 e. The van der Waals surface area contributed by atoms with Crippen molar-refractivity contribution in [3.63, 3.8) is 0 Å². The third kappa shape index (κ3) is 2.62. The van der Waals surface area contributed by atoms with Gasteiger partial charge in [0, 0.05) is 12.3 Å². The van der Waals surface area contributed by atoms with Crippen molar-refractivity contribution in [2.24, 2.45) is 0 Å². The van der Waals surface area contributed by atoms with E-state index in [9.17, 15) is 4.79 Å². The van der Waals surface area contributed by atoms with E-state index in [1.54, 1.807) is 19.2 Å². The van der Waals surface area contributed by atoms with Crippen LogP contribution in [0.1, 0.15) is 27.8 Å². The van der Waals surface area contributed by atoms with Crippen LogP contribution in [0.4, 0.5) is 5.13 Å². The minimum atomic E-state index is -0.297. The highest BCUT2D eigenvalue weighted by Gasteiger charge is 2.15. The van der Waals surface area contributed by atoms with E-state index in [1.807, 2.05) is 0 Å². The number of nitrogens with two attached hydrogens (primary N) is 1. The standard InChI is InChI=1S/C10H12N4O2S/c1-5-8(16-6(2)13-5)9(15)12-3-7-4-17-10(11)14-7/h4H,3H2,1-2H3,(H2,11,14)(H,12,15). The number of hydrogen-bond acceptors (Lipinski definition) is 6. The third-order valence-corrected chi connectivity index (χ3v) is 2.83. The number of amides is 1. The molecule has 17 heavy (non-hydrogen) atoms. The predicted molar refractivity (Wildman–Crippen MR) is 63.7 cm³/mol. The molecule has 0 fully saturated rings. The third-order valence-electron chi connectivity index (χ3n) is 2.11. The summed E-state index contributed by atoms with van der Waals surface area (Å²) in [6.07, 6.45) is 0. The Bertz CT molecular complexity index is 546. The number of hydrogen-bond donors (Lipinski definition) is 2. The number of aryl methyl sites for hydroxylation is 2. The lowest BCUT2D eigenvalue weighted by atomic mass is 10.3. The van der Waals surface area contributed by atoms with Crippen LogP contribution in [-0.4, -0.2) is 15.9 Å². The molecule has 2 rings (SSSR count). The Balaban J connectivity index is 2.00. The number of aromatic nitrogens is 2. The van der Waals surface area contributed by atoms with Crippen LogP contribution in [0.15, 0.2) is 9.80 Å². The van der Waals surface area contributed by atoms with Crippen molar-refractivity contribution in [2.75, 3.05) is 5.73 Å². The summed E-state index contributed by atoms with van der Waals surface area (Å²) in [5.74, 6) is 0.422. The fourth-order valence-electron chi connectivity index (χ4n) is 1.40. The van der Waals surface area contributed by atoms with Crippen LogP contribution in [0, 0.1) is 13.8 Å². The summed E-state index contributed by atoms with van der Waals surface area (Å²) >= 11 is 1.34. The average Bonchev–Trinajstić information content (AvgIpc) is 2.81. The Hall–Kier alpha value is -1.89. The number of carbonyl (C=O) groups is 1. The summed E-state index contributed by atoms with van der Waals surface area (Å²) in [6.45, 7) is 3.75. The maximum absolute atomic E-state index is 11.8. The van der Waals surface area contributed by atoms with E-state index in [2.05, 4.69) is 15.3 Å². The van der Waals surface area contributed by atoms with Crippen LogP contribution in [-0.2, 0) is 6.54 Å². The quantitative estimate of drug-likeness (QED) is 0.857. The first-order valence-electron chi connectivity index (χ1n) is 4.98. The molecule has 0 bridgehead atoms. The zero-order valence-electron chi connectivity index (χ0n) is 9.48. The molecule has 2 aromatic rings. The Morgan fingerprint density at radius 3 is 2.82 bits per heavy atom. The van der Waals surface area contributed by atoms with Gasteiger partial charge in [-0.05, 0) is 6.92 Å². The Morgan fingerprint density at radius 1 is 1.53 bits per heavy atom. The molecule has 0 spiro atoms. The highest BCUT2D eigenvalue weighted by molar-refractivity contribution is 7.13. The van der Waals surface area contributed by atoms with Crippen LogP contribution >= 0.6 is 11.3 Å². The first kappa shape index (κ1) is 11.6. The molecule has 2 aromatic heterocycles. The second-order valence-corrected chi connectivity index (χ2v) is 4.40. The highest BCUT2D eigenvalue weighted by Crippen LogP contribution is 2.12. The molecule has 1 amide bonds. The molecule has 0 aliphatic heterocycles. The normalized spacial score (nSPS) is 10.5. The van der Waals surface area contributed by atoms with Crippen molar-refractivity contribution >= 4 is 22.4 Å². The molecule has 3 N–H and O–H groups in total. The molecule has 6 nitrogen and oxygen atoms in total. The smallest absolute Gasteiger partial charge is 0.289 e. The topological polar surface area (TPSA) is 94.0 Å². The highest BCUT2D eigenvalue weighted by atomic mass is 32.1. The molecule has 0 aromatic carbocycles. The lowest BCUT2D eigenvalue weighted by Crippen LogP contribution is -2.23. The molecule has 0 aliphatic carbocycles. The van der Waals surface area contributed by atoms with Crippen LogP contribution in [0.25, 0.3) is 0 Å². The molecular weight excluding hydrogens is 240 g/mol. The summed E-state index contributed by atoms with van der Waals surface area (Å²) in [5.41, 5.74) is 6.80. The molecule has 0 saturated carbocycles. The molecular formula is C10H12N4O2S. The number of oxazole rings is 1. The van der Waals surface area contributed by atoms with E-state index in [-0.39, 0.29) is 11.7 Å². The van der Waals surface area contributed by atoms with Crippen molar-refractivity contribution in [1.29, 1.82) is 0 Å². The second kappa shape index (κ2) is 4.54. The van der Waals surface area contributed by atoms with E-state index >= 15 is 0 Å². The fourth-order valence-corrected chi connectivity index (χ4v) is 1.96. The Kier molecular flexibility index (Phi) is 3.10. The molecule has 7 heteroatoms. The van der Waals surface area contributed by atoms with E-state index < -0.39 is 0 Å². The molecule has 2 heterocycles. The molecule has 0 unspecified atom stereocenters. The van der Waals surface area contributed by atoms with E-state index in [0.29, 0.717) is 23.3 Å². The fraction of sp³-hybridized carbons (Fsp3) is 0.300. The van der Waals surface area contributed by atoms with Gasteiger partial charge in [0.25, 0.3) is 5.91 Å². The molecule has 0 radical (unpaired) electrons. The summed E-state index contributed by atoms with van der Waals surface area (Å²) in [6, 6.07) is 0. The lowest BCUT2D eigenvalue weighted by Gasteiger charge is -2.00. The van der Waals surface area contributed by atoms with Gasteiger partial charge in [0.2, 0.25) is 5.76 Å². The molecule has 0 saturated heterocycles. The number of thiazole rings is 1. The zero-order valence-corrected chi connectivity index (χ0v) is 10.3. The van der Waals surface area contributed by atoms with Gasteiger partial charge in [0.05, 0.1) is 17.9 Å². The number of nitrogens with zero attached hydrogens (tertiary/aromatic N) is 2. The number of anilines is 1. The van der Waals surface area contributed by atoms with Crippen LogP contribution in [0.3, 0.4) is 0 Å². The van der Waals surface area contributed by atoms with E-state index in [4.69, 9.17) is 10.2 Å². The first-order valence-corrected chi connectivity index (χ1v) is 5.86. The van der Waals surface area contributed by atoms with Gasteiger partial charge >= 0.3 is 0 Å². The van der Waals surface area contributed by atoms with Crippen LogP contribution in [0.5, 0.6) is 0 Å². The predicted octanol–water partition coefficient (Wildman–Crippen LogP) is 1.26. The van der Waals surface area contributed by atoms with E-state index in [1.165, 1.54) is 11.3 Å². The monoisotopic (exact) mass is 252 g/mol. The summed E-state index contributed by atoms with van der Waals surface area (Å²) in [7, 11) is 0. The Labute approximate surface area is 102 Å². The van der Waals surface area contributed by atoms with Gasteiger partial charge in [-0.1, -0.05) is 0 Å².